The van der Waals surface area contributed by atoms with Gasteiger partial charge < -0.3 is 10.6 Å². The molecular weight excluding hydrogens is 308 g/mol. The maximum Gasteiger partial charge on any atom is 0.261 e. The molecule has 4 nitrogen and oxygen atoms in total. The maximum atomic E-state index is 12.0. The van der Waals surface area contributed by atoms with Crippen molar-refractivity contribution in [3.8, 4) is 0 Å². The number of hydrogen-bond donors (Lipinski definition) is 2. The minimum Gasteiger partial charge on any atom is -0.354 e. The zero-order valence-corrected chi connectivity index (χ0v) is 13.9. The standard InChI is InChI=1S/C18H20N2O2S/c1-13-7-8-15(23-13)17(22)19-11-16(21)20-12-18(9-10-18)14-5-3-2-4-6-14/h2-8H,9-12H2,1H3,(H,19,22)(H,20,21). The van der Waals surface area contributed by atoms with Crippen molar-refractivity contribution < 1.29 is 9.59 Å². The molecule has 0 saturated heterocycles. The summed E-state index contributed by atoms with van der Waals surface area (Å²) in [6.07, 6.45) is 2.19. The number of thiophene rings is 1. The van der Waals surface area contributed by atoms with Crippen molar-refractivity contribution >= 4 is 23.2 Å². The number of carbonyl (C=O) groups is 2. The third-order valence-electron chi connectivity index (χ3n) is 4.24. The summed E-state index contributed by atoms with van der Waals surface area (Å²) in [4.78, 5) is 25.6. The van der Waals surface area contributed by atoms with Crippen LogP contribution in [0.5, 0.6) is 0 Å². The van der Waals surface area contributed by atoms with Gasteiger partial charge in [0.25, 0.3) is 5.91 Å². The highest BCUT2D eigenvalue weighted by molar-refractivity contribution is 7.13. The molecule has 0 bridgehead atoms. The summed E-state index contributed by atoms with van der Waals surface area (Å²) >= 11 is 1.43. The Kier molecular flexibility index (Phi) is 4.48. The topological polar surface area (TPSA) is 58.2 Å². The number of amides is 2. The fourth-order valence-corrected chi connectivity index (χ4v) is 3.43. The molecule has 0 aliphatic heterocycles. The first kappa shape index (κ1) is 15.7. The first-order valence-corrected chi connectivity index (χ1v) is 8.58. The lowest BCUT2D eigenvalue weighted by Gasteiger charge is -2.16. The zero-order chi connectivity index (χ0) is 16.3. The van der Waals surface area contributed by atoms with Gasteiger partial charge in [0.2, 0.25) is 5.91 Å². The summed E-state index contributed by atoms with van der Waals surface area (Å²) in [6.45, 7) is 2.59. The van der Waals surface area contributed by atoms with E-state index in [0.29, 0.717) is 11.4 Å². The largest absolute Gasteiger partial charge is 0.354 e. The van der Waals surface area contributed by atoms with E-state index >= 15 is 0 Å². The van der Waals surface area contributed by atoms with Gasteiger partial charge in [0.1, 0.15) is 0 Å². The average Bonchev–Trinajstić information content (AvgIpc) is 3.25. The number of hydrogen-bond acceptors (Lipinski definition) is 3. The van der Waals surface area contributed by atoms with E-state index in [1.165, 1.54) is 16.9 Å². The Morgan fingerprint density at radius 3 is 2.43 bits per heavy atom. The van der Waals surface area contributed by atoms with Crippen molar-refractivity contribution in [1.82, 2.24) is 10.6 Å². The van der Waals surface area contributed by atoms with Crippen LogP contribution in [0.3, 0.4) is 0 Å². The summed E-state index contributed by atoms with van der Waals surface area (Å²) in [5.41, 5.74) is 1.37. The third kappa shape index (κ3) is 3.79. The molecule has 0 spiro atoms. The van der Waals surface area contributed by atoms with Crippen molar-refractivity contribution in [3.63, 3.8) is 0 Å². The van der Waals surface area contributed by atoms with Crippen LogP contribution in [0.25, 0.3) is 0 Å². The van der Waals surface area contributed by atoms with E-state index in [1.807, 2.05) is 31.2 Å². The molecule has 1 fully saturated rings. The number of rotatable bonds is 6. The number of nitrogens with one attached hydrogen (secondary N) is 2. The molecule has 2 amide bonds. The Morgan fingerprint density at radius 1 is 1.09 bits per heavy atom. The summed E-state index contributed by atoms with van der Waals surface area (Å²) in [5.74, 6) is -0.337. The van der Waals surface area contributed by atoms with E-state index in [-0.39, 0.29) is 23.8 Å². The van der Waals surface area contributed by atoms with Gasteiger partial charge in [-0.3, -0.25) is 9.59 Å². The van der Waals surface area contributed by atoms with Gasteiger partial charge in [0.05, 0.1) is 11.4 Å². The lowest BCUT2D eigenvalue weighted by Crippen LogP contribution is -2.40. The van der Waals surface area contributed by atoms with Gasteiger partial charge in [-0.05, 0) is 37.5 Å². The molecule has 2 N–H and O–H groups in total. The third-order valence-corrected chi connectivity index (χ3v) is 5.24. The quantitative estimate of drug-likeness (QED) is 0.856. The molecule has 1 aliphatic rings. The van der Waals surface area contributed by atoms with Gasteiger partial charge >= 0.3 is 0 Å². The lowest BCUT2D eigenvalue weighted by molar-refractivity contribution is -0.120. The second-order valence-corrected chi connectivity index (χ2v) is 7.30. The van der Waals surface area contributed by atoms with E-state index in [9.17, 15) is 9.59 Å². The summed E-state index contributed by atoms with van der Waals surface area (Å²) in [7, 11) is 0. The van der Waals surface area contributed by atoms with E-state index in [1.54, 1.807) is 6.07 Å². The van der Waals surface area contributed by atoms with E-state index in [0.717, 1.165) is 17.7 Å². The summed E-state index contributed by atoms with van der Waals surface area (Å²) in [6, 6.07) is 14.0. The zero-order valence-electron chi connectivity index (χ0n) is 13.1. The molecule has 5 heteroatoms. The molecule has 0 unspecified atom stereocenters. The van der Waals surface area contributed by atoms with Gasteiger partial charge in [-0.15, -0.1) is 11.3 Å². The number of benzene rings is 1. The van der Waals surface area contributed by atoms with Crippen LogP contribution >= 0.6 is 11.3 Å². The number of aryl methyl sites for hydroxylation is 1. The van der Waals surface area contributed by atoms with Crippen LogP contribution in [0.4, 0.5) is 0 Å². The van der Waals surface area contributed by atoms with Crippen LogP contribution in [0.1, 0.15) is 33.0 Å². The van der Waals surface area contributed by atoms with Crippen LogP contribution in [0, 0.1) is 6.92 Å². The van der Waals surface area contributed by atoms with Crippen molar-refractivity contribution in [2.45, 2.75) is 25.2 Å². The molecule has 3 rings (SSSR count). The van der Waals surface area contributed by atoms with Crippen LogP contribution in [0.15, 0.2) is 42.5 Å². The molecule has 23 heavy (non-hydrogen) atoms. The minimum absolute atomic E-state index is 0.0145. The molecule has 1 saturated carbocycles. The predicted molar refractivity (Wildman–Crippen MR) is 91.8 cm³/mol. The van der Waals surface area contributed by atoms with Crippen LogP contribution in [-0.2, 0) is 10.2 Å². The Morgan fingerprint density at radius 2 is 1.83 bits per heavy atom. The fraction of sp³-hybridized carbons (Fsp3) is 0.333. The van der Waals surface area contributed by atoms with Gasteiger partial charge in [-0.2, -0.15) is 0 Å². The second-order valence-electron chi connectivity index (χ2n) is 6.02. The van der Waals surface area contributed by atoms with Gasteiger partial charge in [-0.25, -0.2) is 0 Å². The molecule has 1 aromatic carbocycles. The van der Waals surface area contributed by atoms with Crippen molar-refractivity contribution in [3.05, 3.63) is 57.8 Å². The molecule has 120 valence electrons. The molecule has 1 aliphatic carbocycles. The number of carbonyl (C=O) groups excluding carboxylic acids is 2. The van der Waals surface area contributed by atoms with E-state index in [2.05, 4.69) is 22.8 Å². The summed E-state index contributed by atoms with van der Waals surface area (Å²) < 4.78 is 0. The Balaban J connectivity index is 1.46. The Labute approximate surface area is 139 Å². The van der Waals surface area contributed by atoms with Crippen LogP contribution in [0.2, 0.25) is 0 Å². The molecular formula is C18H20N2O2S. The fourth-order valence-electron chi connectivity index (χ4n) is 2.64. The van der Waals surface area contributed by atoms with Crippen LogP contribution < -0.4 is 10.6 Å². The second kappa shape index (κ2) is 6.54. The van der Waals surface area contributed by atoms with E-state index < -0.39 is 0 Å². The first-order valence-electron chi connectivity index (χ1n) is 7.76. The smallest absolute Gasteiger partial charge is 0.261 e. The van der Waals surface area contributed by atoms with Crippen molar-refractivity contribution in [2.24, 2.45) is 0 Å². The Hall–Kier alpha value is -2.14. The normalized spacial score (nSPS) is 15.0. The average molecular weight is 328 g/mol. The van der Waals surface area contributed by atoms with Gasteiger partial charge in [-0.1, -0.05) is 30.3 Å². The minimum atomic E-state index is -0.192. The molecule has 1 aromatic heterocycles. The molecule has 0 atom stereocenters. The molecule has 2 aromatic rings. The summed E-state index contributed by atoms with van der Waals surface area (Å²) in [5, 5.41) is 5.61. The Bertz CT molecular complexity index is 705. The van der Waals surface area contributed by atoms with Crippen molar-refractivity contribution in [1.29, 1.82) is 0 Å². The van der Waals surface area contributed by atoms with Gasteiger partial charge in [0, 0.05) is 16.8 Å². The van der Waals surface area contributed by atoms with Crippen molar-refractivity contribution in [2.75, 3.05) is 13.1 Å². The highest BCUT2D eigenvalue weighted by Crippen LogP contribution is 2.47. The van der Waals surface area contributed by atoms with Crippen LogP contribution in [-0.4, -0.2) is 24.9 Å². The highest BCUT2D eigenvalue weighted by atomic mass is 32.1. The first-order chi connectivity index (χ1) is 11.1. The monoisotopic (exact) mass is 328 g/mol. The highest BCUT2D eigenvalue weighted by Gasteiger charge is 2.44. The maximum absolute atomic E-state index is 12.0. The molecule has 0 radical (unpaired) electrons. The van der Waals surface area contributed by atoms with E-state index in [4.69, 9.17) is 0 Å². The lowest BCUT2D eigenvalue weighted by atomic mass is 9.96. The molecule has 1 heterocycles. The SMILES string of the molecule is Cc1ccc(C(=O)NCC(=O)NCC2(c3ccccc3)CC2)s1. The van der Waals surface area contributed by atoms with Gasteiger partial charge in [0.15, 0.2) is 0 Å². The predicted octanol–water partition coefficient (Wildman–Crippen LogP) is 2.63.